The summed E-state index contributed by atoms with van der Waals surface area (Å²) >= 11 is 7.12. The molecule has 3 aliphatic rings. The lowest BCUT2D eigenvalue weighted by Gasteiger charge is -2.30. The third-order valence-corrected chi connectivity index (χ3v) is 26.9. The molecule has 1 saturated carbocycles. The van der Waals surface area contributed by atoms with Crippen molar-refractivity contribution in [3.05, 3.63) is 591 Å². The number of alkyl halides is 1. The number of allylic oxidation sites excluding steroid dienone is 1. The van der Waals surface area contributed by atoms with Crippen LogP contribution in [0.3, 0.4) is 0 Å². The Morgan fingerprint density at radius 1 is 0.293 bits per heavy atom. The van der Waals surface area contributed by atoms with Gasteiger partial charge in [0.25, 0.3) is 0 Å². The van der Waals surface area contributed by atoms with Crippen molar-refractivity contribution in [1.82, 2.24) is 0 Å². The molecule has 0 amide bonds. The van der Waals surface area contributed by atoms with Crippen LogP contribution in [0, 0.1) is 48.4 Å². The monoisotopic (exact) mass is 1940 g/mol. The lowest BCUT2D eigenvalue weighted by molar-refractivity contribution is 0.125. The largest absolute Gasteiger partial charge is 0.376 e. The Balaban J connectivity index is 0.000000158. The Morgan fingerprint density at radius 3 is 0.878 bits per heavy atom. The second-order valence-corrected chi connectivity index (χ2v) is 39.8. The predicted octanol–water partition coefficient (Wildman–Crippen LogP) is 38.3. The number of terminal acetylenes is 2. The molecule has 3 aliphatic carbocycles. The van der Waals surface area contributed by atoms with Crippen LogP contribution < -0.4 is 0 Å². The Labute approximate surface area is 888 Å². The summed E-state index contributed by atoms with van der Waals surface area (Å²) < 4.78 is 0. The Bertz CT molecular complexity index is 6260. The lowest BCUT2D eigenvalue weighted by Crippen LogP contribution is -2.28. The molecule has 2 heteroatoms. The van der Waals surface area contributed by atoms with Gasteiger partial charge in [0.05, 0.1) is 0 Å². The highest BCUT2D eigenvalue weighted by atomic mass is 35.5. The van der Waals surface area contributed by atoms with Crippen molar-refractivity contribution in [1.29, 1.82) is 0 Å². The number of halogens is 1. The van der Waals surface area contributed by atoms with Crippen LogP contribution in [0.5, 0.6) is 0 Å². The number of unbranched alkanes of at least 4 members (excludes halogenated alkanes) is 9. The summed E-state index contributed by atoms with van der Waals surface area (Å²) in [5, 5.41) is 11.4. The van der Waals surface area contributed by atoms with Gasteiger partial charge in [-0.05, 0) is 222 Å². The van der Waals surface area contributed by atoms with E-state index >= 15 is 0 Å². The topological polar surface area (TPSA) is 20.2 Å². The molecule has 0 saturated heterocycles. The molecule has 0 spiro atoms. The van der Waals surface area contributed by atoms with Gasteiger partial charge in [0, 0.05) is 36.3 Å². The van der Waals surface area contributed by atoms with Crippen LogP contribution in [0.4, 0.5) is 0 Å². The molecule has 0 radical (unpaired) electrons. The summed E-state index contributed by atoms with van der Waals surface area (Å²) in [5.74, 6) is 17.5. The minimum atomic E-state index is -1.12. The van der Waals surface area contributed by atoms with Crippen molar-refractivity contribution in [3.63, 3.8) is 0 Å². The minimum absolute atomic E-state index is 0.223. The summed E-state index contributed by atoms with van der Waals surface area (Å²) in [6, 6.07) is 165. The molecule has 0 aliphatic heterocycles. The Hall–Kier alpha value is -15.0. The number of rotatable bonds is 20. The van der Waals surface area contributed by atoms with Gasteiger partial charge in [0.1, 0.15) is 10.5 Å². The molecule has 0 heterocycles. The molecule has 0 unspecified atom stereocenters. The lowest BCUT2D eigenvalue weighted by atomic mass is 9.80. The van der Waals surface area contributed by atoms with Gasteiger partial charge in [0.15, 0.2) is 0 Å². The fourth-order valence-electron chi connectivity index (χ4n) is 18.3. The van der Waals surface area contributed by atoms with Gasteiger partial charge >= 0.3 is 0 Å². The minimum Gasteiger partial charge on any atom is -0.376 e. The number of benzene rings is 17. The molecule has 0 atom stereocenters. The molecule has 147 heavy (non-hydrogen) atoms. The summed E-state index contributed by atoms with van der Waals surface area (Å²) in [5.41, 5.74) is 31.6. The van der Waals surface area contributed by atoms with Gasteiger partial charge in [-0.25, -0.2) is 0 Å². The molecule has 0 bridgehead atoms. The molecule has 1 nitrogen and oxygen atoms in total. The van der Waals surface area contributed by atoms with Crippen molar-refractivity contribution in [2.45, 2.75) is 212 Å². The summed E-state index contributed by atoms with van der Waals surface area (Å²) in [4.78, 5) is -0.649. The van der Waals surface area contributed by atoms with Gasteiger partial charge < -0.3 is 5.11 Å². The van der Waals surface area contributed by atoms with Crippen LogP contribution in [0.25, 0.3) is 27.8 Å². The third kappa shape index (κ3) is 34.9. The molecular formula is C145H149ClO. The van der Waals surface area contributed by atoms with Crippen LogP contribution >= 0.6 is 11.6 Å². The van der Waals surface area contributed by atoms with E-state index in [1.165, 1.54) is 172 Å². The second kappa shape index (κ2) is 61.3. The van der Waals surface area contributed by atoms with Crippen LogP contribution in [0.2, 0.25) is 0 Å². The predicted molar refractivity (Wildman–Crippen MR) is 633 cm³/mol. The van der Waals surface area contributed by atoms with E-state index in [9.17, 15) is 5.11 Å². The molecule has 17 aromatic rings. The van der Waals surface area contributed by atoms with E-state index in [1.54, 1.807) is 5.57 Å². The van der Waals surface area contributed by atoms with Gasteiger partial charge in [-0.1, -0.05) is 573 Å². The standard InChI is InChI=1S/C21H26.C19H15Cl.C19H16O.C19H16.C18H18.C14H10.C13H10.C10H18.2C6H10/c1-20(2,3)16-7-9-18-14(12-16)11-15-13-17(21(4,5)6)8-10-19(15)18;2*20-19(16-10-4-1-5-11-16,17-12-6-2-7-13-17)18-14-8-3-9-15-18;1-4-10-16(11-5-1)19(17-12-6-2-7-13-17)18-14-8-3-9-15-18;1-3-9-15(10-4-1)18(17-13-7-8-14-17)16-11-5-2-6-12-16;1-3-7-13(8-4-1)11-12-14-9-5-2-6-10-14;1-3-7-12-10(5-1)9-11-6-2-4-8-13(11)12;1-3-5-7-9-10-8-6-4-2;2*1-3-5-6-4-2/h7-10,12-13H,11H2,1-6H3;1-15H;1-15,20H;1-15,19H;1-6,9-12H,7-8,13-14H2;1-10H;1-8H,9H2;1H,4-10H2,2H3;3,5H2,1-2H3;1H,4-6H2,2H3. The fraction of sp³-hybridized carbons (Fsp3) is 0.228. The van der Waals surface area contributed by atoms with E-state index in [1.807, 2.05) is 213 Å². The molecule has 1 fully saturated rings. The van der Waals surface area contributed by atoms with Crippen LogP contribution in [0.15, 0.2) is 485 Å². The first-order chi connectivity index (χ1) is 71.8. The second-order valence-electron chi connectivity index (χ2n) is 39.2. The van der Waals surface area contributed by atoms with E-state index in [-0.39, 0.29) is 10.8 Å². The van der Waals surface area contributed by atoms with Crippen molar-refractivity contribution < 1.29 is 5.11 Å². The van der Waals surface area contributed by atoms with E-state index in [4.69, 9.17) is 24.4 Å². The van der Waals surface area contributed by atoms with Crippen molar-refractivity contribution in [3.8, 4) is 70.6 Å². The smallest absolute Gasteiger partial charge is 0.140 e. The maximum Gasteiger partial charge on any atom is 0.140 e. The molecular weight excluding hydrogens is 1790 g/mol. The summed E-state index contributed by atoms with van der Waals surface area (Å²) in [6.07, 6.45) is 32.0. The quantitative estimate of drug-likeness (QED) is 0.0349. The molecule has 1 N–H and O–H groups in total. The third-order valence-electron chi connectivity index (χ3n) is 26.3. The molecule has 17 aromatic carbocycles. The van der Waals surface area contributed by atoms with Gasteiger partial charge in [-0.3, -0.25) is 0 Å². The number of hydrogen-bond acceptors (Lipinski definition) is 1. The SMILES string of the molecule is C#CCCCC.C#CCCCCCCCC.C(#Cc1ccccc1)c1ccccc1.CC#CCCC.CC(C)(C)c1ccc2c(c1)Cc1cc(C(C)(C)C)ccc1-2.ClC(c1ccccc1)(c1ccccc1)c1ccccc1.OC(c1ccccc1)(c1ccccc1)c1ccccc1.c1ccc(C(=C2CCCC2)c2ccccc2)cc1.c1ccc(C(c2ccccc2)c2ccccc2)cc1.c1ccc2c(c1)Cc1ccccc1-2. The van der Waals surface area contributed by atoms with Crippen molar-refractivity contribution >= 4 is 17.2 Å². The average Bonchev–Trinajstić information content (AvgIpc) is 1.49. The summed E-state index contributed by atoms with van der Waals surface area (Å²) in [7, 11) is 0. The van der Waals surface area contributed by atoms with E-state index in [0.717, 1.165) is 76.6 Å². The fourth-order valence-corrected chi connectivity index (χ4v) is 18.7. The van der Waals surface area contributed by atoms with E-state index in [0.29, 0.717) is 5.92 Å². The molecule has 742 valence electrons. The molecule has 20 rings (SSSR count). The average molecular weight is 1940 g/mol. The van der Waals surface area contributed by atoms with E-state index < -0.39 is 10.5 Å². The zero-order valence-corrected chi connectivity index (χ0v) is 89.2. The van der Waals surface area contributed by atoms with Gasteiger partial charge in [-0.2, -0.15) is 0 Å². The zero-order valence-electron chi connectivity index (χ0n) is 88.4. The highest BCUT2D eigenvalue weighted by molar-refractivity contribution is 6.28. The number of aliphatic hydroxyl groups is 1. The highest BCUT2D eigenvalue weighted by Gasteiger charge is 2.35. The zero-order chi connectivity index (χ0) is 104. The maximum atomic E-state index is 11.4. The highest BCUT2D eigenvalue weighted by Crippen LogP contribution is 2.46. The van der Waals surface area contributed by atoms with Crippen LogP contribution in [-0.2, 0) is 34.1 Å². The van der Waals surface area contributed by atoms with Crippen molar-refractivity contribution in [2.75, 3.05) is 0 Å². The normalized spacial score (nSPS) is 11.4. The van der Waals surface area contributed by atoms with Crippen molar-refractivity contribution in [2.24, 2.45) is 0 Å². The number of fused-ring (bicyclic) bond motifs is 6. The first kappa shape index (κ1) is 112. The van der Waals surface area contributed by atoms with Crippen LogP contribution in [0.1, 0.15) is 284 Å². The maximum absolute atomic E-state index is 11.4. The Kier molecular flexibility index (Phi) is 46.8. The summed E-state index contributed by atoms with van der Waals surface area (Å²) in [6.45, 7) is 22.1. The first-order valence-electron chi connectivity index (χ1n) is 52.9. The van der Waals surface area contributed by atoms with Crippen LogP contribution in [-0.4, -0.2) is 5.11 Å². The van der Waals surface area contributed by atoms with Gasteiger partial charge in [0.2, 0.25) is 0 Å². The number of hydrogen-bond donors (Lipinski definition) is 1. The van der Waals surface area contributed by atoms with Gasteiger partial charge in [-0.15, -0.1) is 48.1 Å². The molecule has 0 aromatic heterocycles. The Morgan fingerprint density at radius 2 is 0.571 bits per heavy atom. The first-order valence-corrected chi connectivity index (χ1v) is 53.3. The van der Waals surface area contributed by atoms with E-state index in [2.05, 4.69) is 371 Å².